The smallest absolute Gasteiger partial charge is 0.294 e. The summed E-state index contributed by atoms with van der Waals surface area (Å²) >= 11 is 5.81. The number of nitrogens with one attached hydrogen (secondary N) is 1. The van der Waals surface area contributed by atoms with E-state index in [9.17, 15) is 19.7 Å². The van der Waals surface area contributed by atoms with Crippen molar-refractivity contribution in [3.05, 3.63) is 103 Å². The van der Waals surface area contributed by atoms with Gasteiger partial charge in [0.2, 0.25) is 0 Å². The van der Waals surface area contributed by atoms with Crippen molar-refractivity contribution in [2.45, 2.75) is 13.8 Å². The van der Waals surface area contributed by atoms with Gasteiger partial charge in [0.05, 0.1) is 10.3 Å². The molecule has 0 saturated carbocycles. The van der Waals surface area contributed by atoms with Crippen molar-refractivity contribution in [1.29, 1.82) is 0 Å². The van der Waals surface area contributed by atoms with Gasteiger partial charge in [-0.3, -0.25) is 19.7 Å². The zero-order valence-corrected chi connectivity index (χ0v) is 17.9. The molecule has 0 bridgehead atoms. The summed E-state index contributed by atoms with van der Waals surface area (Å²) in [6, 6.07) is 15.6. The monoisotopic (exact) mass is 448 g/mol. The third kappa shape index (κ3) is 4.10. The van der Waals surface area contributed by atoms with Crippen molar-refractivity contribution >= 4 is 39.9 Å². The number of carbonyl (C=O) groups is 1. The summed E-state index contributed by atoms with van der Waals surface area (Å²) in [7, 11) is 0. The van der Waals surface area contributed by atoms with Crippen molar-refractivity contribution < 1.29 is 14.1 Å². The average molecular weight is 449 g/mol. The SMILES string of the molecule is Cc1cc(C)c2oc(-c3ccc(C(=O)Nc4ccc(Cl)cc4[N+](=O)[O-])cc3)cc(=O)c2c1. The lowest BCUT2D eigenvalue weighted by Gasteiger charge is -2.08. The maximum atomic E-state index is 12.6. The summed E-state index contributed by atoms with van der Waals surface area (Å²) in [4.78, 5) is 35.8. The fourth-order valence-electron chi connectivity index (χ4n) is 3.49. The van der Waals surface area contributed by atoms with Gasteiger partial charge in [-0.15, -0.1) is 0 Å². The van der Waals surface area contributed by atoms with Crippen molar-refractivity contribution in [2.24, 2.45) is 0 Å². The first-order valence-corrected chi connectivity index (χ1v) is 10.0. The molecule has 4 aromatic rings. The number of nitrogens with zero attached hydrogens (tertiary/aromatic N) is 1. The Morgan fingerprint density at radius 1 is 1.03 bits per heavy atom. The Morgan fingerprint density at radius 3 is 2.44 bits per heavy atom. The molecule has 0 aliphatic carbocycles. The van der Waals surface area contributed by atoms with E-state index in [-0.39, 0.29) is 27.4 Å². The minimum atomic E-state index is -0.615. The molecule has 1 aromatic heterocycles. The van der Waals surface area contributed by atoms with E-state index in [1.54, 1.807) is 30.3 Å². The lowest BCUT2D eigenvalue weighted by molar-refractivity contribution is -0.383. The summed E-state index contributed by atoms with van der Waals surface area (Å²) in [5, 5.41) is 14.5. The van der Waals surface area contributed by atoms with Crippen molar-refractivity contribution in [3.63, 3.8) is 0 Å². The highest BCUT2D eigenvalue weighted by Crippen LogP contribution is 2.29. The van der Waals surface area contributed by atoms with E-state index in [1.165, 1.54) is 24.3 Å². The number of benzene rings is 3. The molecule has 0 spiro atoms. The van der Waals surface area contributed by atoms with Crippen LogP contribution in [0.2, 0.25) is 5.02 Å². The molecule has 3 aromatic carbocycles. The molecule has 0 aliphatic rings. The zero-order chi connectivity index (χ0) is 23.0. The van der Waals surface area contributed by atoms with Crippen molar-refractivity contribution in [3.8, 4) is 11.3 Å². The van der Waals surface area contributed by atoms with Crippen molar-refractivity contribution in [1.82, 2.24) is 0 Å². The average Bonchev–Trinajstić information content (AvgIpc) is 2.75. The molecule has 4 rings (SSSR count). The number of rotatable bonds is 4. The zero-order valence-electron chi connectivity index (χ0n) is 17.1. The van der Waals surface area contributed by atoms with Crippen LogP contribution in [-0.2, 0) is 0 Å². The van der Waals surface area contributed by atoms with Gasteiger partial charge in [0.25, 0.3) is 11.6 Å². The first-order valence-electron chi connectivity index (χ1n) is 9.64. The number of hydrogen-bond donors (Lipinski definition) is 1. The van der Waals surface area contributed by atoms with Gasteiger partial charge in [-0.2, -0.15) is 0 Å². The van der Waals surface area contributed by atoms with Crippen LogP contribution in [0.5, 0.6) is 0 Å². The van der Waals surface area contributed by atoms with Crippen LogP contribution in [0.4, 0.5) is 11.4 Å². The van der Waals surface area contributed by atoms with Crippen LogP contribution in [0.1, 0.15) is 21.5 Å². The summed E-state index contributed by atoms with van der Waals surface area (Å²) < 4.78 is 5.98. The lowest BCUT2D eigenvalue weighted by Crippen LogP contribution is -2.13. The van der Waals surface area contributed by atoms with E-state index in [0.29, 0.717) is 22.3 Å². The Bertz CT molecular complexity index is 1440. The van der Waals surface area contributed by atoms with Gasteiger partial charge in [0.1, 0.15) is 17.0 Å². The number of amides is 1. The summed E-state index contributed by atoms with van der Waals surface area (Å²) in [6.45, 7) is 3.80. The molecule has 1 heterocycles. The van der Waals surface area contributed by atoms with Crippen LogP contribution in [0.3, 0.4) is 0 Å². The van der Waals surface area contributed by atoms with Gasteiger partial charge >= 0.3 is 0 Å². The highest BCUT2D eigenvalue weighted by Gasteiger charge is 2.17. The summed E-state index contributed by atoms with van der Waals surface area (Å²) in [6.07, 6.45) is 0. The molecule has 0 unspecified atom stereocenters. The molecule has 1 amide bonds. The minimum Gasteiger partial charge on any atom is -0.456 e. The molecular weight excluding hydrogens is 432 g/mol. The largest absolute Gasteiger partial charge is 0.456 e. The van der Waals surface area contributed by atoms with Crippen LogP contribution in [-0.4, -0.2) is 10.8 Å². The molecule has 0 aliphatic heterocycles. The second-order valence-corrected chi connectivity index (χ2v) is 7.82. The molecule has 1 N–H and O–H groups in total. The van der Waals surface area contributed by atoms with Gasteiger partial charge in [-0.25, -0.2) is 0 Å². The minimum absolute atomic E-state index is 0.0415. The van der Waals surface area contributed by atoms with E-state index in [4.69, 9.17) is 16.0 Å². The molecule has 32 heavy (non-hydrogen) atoms. The second kappa shape index (κ2) is 8.28. The molecule has 160 valence electrons. The highest BCUT2D eigenvalue weighted by atomic mass is 35.5. The van der Waals surface area contributed by atoms with Gasteiger partial charge in [-0.1, -0.05) is 29.8 Å². The molecule has 0 radical (unpaired) electrons. The quantitative estimate of drug-likeness (QED) is 0.309. The molecule has 7 nitrogen and oxygen atoms in total. The topological polar surface area (TPSA) is 102 Å². The Kier molecular flexibility index (Phi) is 5.50. The van der Waals surface area contributed by atoms with E-state index in [2.05, 4.69) is 5.32 Å². The van der Waals surface area contributed by atoms with E-state index < -0.39 is 10.8 Å². The normalized spacial score (nSPS) is 10.8. The number of nitro groups is 1. The number of nitro benzene ring substituents is 1. The third-order valence-corrected chi connectivity index (χ3v) is 5.23. The van der Waals surface area contributed by atoms with Crippen LogP contribution < -0.4 is 10.7 Å². The Labute approximate surface area is 187 Å². The van der Waals surface area contributed by atoms with Gasteiger partial charge in [0, 0.05) is 28.3 Å². The Morgan fingerprint density at radius 2 is 1.75 bits per heavy atom. The summed E-state index contributed by atoms with van der Waals surface area (Å²) in [5.74, 6) is -0.136. The first-order chi connectivity index (χ1) is 15.2. The molecule has 0 fully saturated rings. The third-order valence-electron chi connectivity index (χ3n) is 4.99. The van der Waals surface area contributed by atoms with Gasteiger partial charge in [-0.05, 0) is 55.3 Å². The number of aryl methyl sites for hydroxylation is 2. The van der Waals surface area contributed by atoms with Gasteiger partial charge in [0.15, 0.2) is 5.43 Å². The molecular formula is C24H17ClN2O5. The standard InChI is InChI=1S/C24H17ClN2O5/c1-13-9-14(2)23-18(10-13)21(28)12-22(32-23)15-3-5-16(6-4-15)24(29)26-19-8-7-17(25)11-20(19)27(30)31/h3-12H,1-2H3,(H,26,29). The first kappa shape index (κ1) is 21.3. The van der Waals surface area contributed by atoms with E-state index in [1.807, 2.05) is 19.9 Å². The summed E-state index contributed by atoms with van der Waals surface area (Å²) in [5.41, 5.74) is 2.86. The van der Waals surface area contributed by atoms with Crippen LogP contribution >= 0.6 is 11.6 Å². The van der Waals surface area contributed by atoms with E-state index >= 15 is 0 Å². The maximum Gasteiger partial charge on any atom is 0.294 e. The van der Waals surface area contributed by atoms with Crippen LogP contribution in [0.25, 0.3) is 22.3 Å². The number of carbonyl (C=O) groups excluding carboxylic acids is 1. The van der Waals surface area contributed by atoms with Gasteiger partial charge < -0.3 is 9.73 Å². The molecule has 0 atom stereocenters. The number of halogens is 1. The second-order valence-electron chi connectivity index (χ2n) is 7.38. The number of anilines is 1. The lowest BCUT2D eigenvalue weighted by atomic mass is 10.1. The predicted octanol–water partition coefficient (Wildman–Crippen LogP) is 5.89. The maximum absolute atomic E-state index is 12.6. The number of fused-ring (bicyclic) bond motifs is 1. The van der Waals surface area contributed by atoms with Crippen LogP contribution in [0, 0.1) is 24.0 Å². The van der Waals surface area contributed by atoms with Crippen LogP contribution in [0.15, 0.2) is 69.9 Å². The Balaban J connectivity index is 1.63. The molecule has 8 heteroatoms. The fraction of sp³-hybridized carbons (Fsp3) is 0.0833. The van der Waals surface area contributed by atoms with E-state index in [0.717, 1.165) is 11.1 Å². The predicted molar refractivity (Wildman–Crippen MR) is 123 cm³/mol. The number of hydrogen-bond acceptors (Lipinski definition) is 5. The molecule has 0 saturated heterocycles. The Hall–Kier alpha value is -3.97. The highest BCUT2D eigenvalue weighted by molar-refractivity contribution is 6.31. The van der Waals surface area contributed by atoms with Crippen molar-refractivity contribution in [2.75, 3.05) is 5.32 Å². The fourth-order valence-corrected chi connectivity index (χ4v) is 3.66.